The first-order valence-corrected chi connectivity index (χ1v) is 26.7. The number of carbonyl (C=O) groups is 3. The minimum absolute atomic E-state index is 0.0640. The van der Waals surface area contributed by atoms with Crippen LogP contribution in [0.25, 0.3) is 0 Å². The summed E-state index contributed by atoms with van der Waals surface area (Å²) in [5.41, 5.74) is 6.51. The topological polar surface area (TPSA) is 87.3 Å². The summed E-state index contributed by atoms with van der Waals surface area (Å²) >= 11 is 0. The van der Waals surface area contributed by atoms with Crippen LogP contribution >= 0.6 is 0 Å². The average molecular weight is 928 g/mol. The van der Waals surface area contributed by atoms with Crippen LogP contribution in [0.15, 0.2) is 91.0 Å². The highest BCUT2D eigenvalue weighted by atomic mass is 16.2. The van der Waals surface area contributed by atoms with Crippen LogP contribution in [-0.4, -0.2) is 37.4 Å². The molecule has 0 spiro atoms. The van der Waals surface area contributed by atoms with Crippen molar-refractivity contribution in [2.75, 3.05) is 19.6 Å². The molecule has 3 N–H and O–H groups in total. The van der Waals surface area contributed by atoms with Gasteiger partial charge in [-0.05, 0) is 110 Å². The van der Waals surface area contributed by atoms with Crippen molar-refractivity contribution in [3.05, 3.63) is 141 Å². The smallest absolute Gasteiger partial charge is 0.251 e. The third-order valence-electron chi connectivity index (χ3n) is 12.4. The molecule has 4 aromatic rings. The molecule has 69 heavy (non-hydrogen) atoms. The summed E-state index contributed by atoms with van der Waals surface area (Å²) in [5.74, 6) is 19.5. The molecule has 0 bridgehead atoms. The molecule has 0 fully saturated rings. The molecule has 6 heteroatoms. The second-order valence-electron chi connectivity index (χ2n) is 18.5. The van der Waals surface area contributed by atoms with E-state index in [-0.39, 0.29) is 17.7 Å². The lowest BCUT2D eigenvalue weighted by atomic mass is 10.0. The van der Waals surface area contributed by atoms with E-state index in [4.69, 9.17) is 0 Å². The van der Waals surface area contributed by atoms with Crippen molar-refractivity contribution in [1.29, 1.82) is 0 Å². The maximum absolute atomic E-state index is 12.8. The van der Waals surface area contributed by atoms with E-state index in [2.05, 4.69) is 72.2 Å². The molecule has 4 rings (SSSR count). The summed E-state index contributed by atoms with van der Waals surface area (Å²) in [7, 11) is 0. The Morgan fingerprint density at radius 1 is 0.290 bits per heavy atom. The standard InChI is InChI=1S/C63H81N3O3/c1-4-7-10-13-16-19-22-25-46-64-61(67)58-40-34-52(35-41-58)28-31-55-49-56(32-29-53-36-42-59(43-37-53)62(68)65-47-26-23-20-17-14-11-8-5-2)51-57(50-55)33-30-54-38-44-60(45-39-54)63(69)66-48-27-24-21-18-15-12-9-6-3/h34-45,49-51H,4-27,46-48H2,1-3H3,(H,64,67)(H,65,68)(H,66,69). The van der Waals surface area contributed by atoms with Gasteiger partial charge in [0.25, 0.3) is 17.7 Å². The third-order valence-corrected chi connectivity index (χ3v) is 12.4. The van der Waals surface area contributed by atoms with Crippen molar-refractivity contribution in [2.45, 2.75) is 175 Å². The van der Waals surface area contributed by atoms with E-state index < -0.39 is 0 Å². The minimum Gasteiger partial charge on any atom is -0.352 e. The van der Waals surface area contributed by atoms with Crippen LogP contribution in [0.4, 0.5) is 0 Å². The van der Waals surface area contributed by atoms with Crippen molar-refractivity contribution in [1.82, 2.24) is 16.0 Å². The number of rotatable bonds is 30. The fourth-order valence-corrected chi connectivity index (χ4v) is 8.08. The largest absolute Gasteiger partial charge is 0.352 e. The number of hydrogen-bond donors (Lipinski definition) is 3. The second kappa shape index (κ2) is 35.1. The third kappa shape index (κ3) is 24.2. The Kier molecular flexibility index (Phi) is 28.3. The average Bonchev–Trinajstić information content (AvgIpc) is 3.38. The molecule has 0 unspecified atom stereocenters. The van der Waals surface area contributed by atoms with Gasteiger partial charge in [-0.3, -0.25) is 14.4 Å². The van der Waals surface area contributed by atoms with Gasteiger partial charge in [-0.2, -0.15) is 0 Å². The van der Waals surface area contributed by atoms with E-state index in [9.17, 15) is 14.4 Å². The van der Waals surface area contributed by atoms with Gasteiger partial charge >= 0.3 is 0 Å². The molecule has 4 aromatic carbocycles. The van der Waals surface area contributed by atoms with Gasteiger partial charge < -0.3 is 16.0 Å². The van der Waals surface area contributed by atoms with Crippen LogP contribution in [0, 0.1) is 35.5 Å². The highest BCUT2D eigenvalue weighted by molar-refractivity contribution is 5.95. The van der Waals surface area contributed by atoms with Crippen LogP contribution in [0.2, 0.25) is 0 Å². The molecule has 0 saturated heterocycles. The van der Waals surface area contributed by atoms with E-state index in [1.54, 1.807) is 0 Å². The van der Waals surface area contributed by atoms with E-state index in [0.717, 1.165) is 71.9 Å². The molecule has 0 aliphatic rings. The van der Waals surface area contributed by atoms with Gasteiger partial charge in [0, 0.05) is 69.7 Å². The number of carbonyl (C=O) groups excluding carboxylic acids is 3. The van der Waals surface area contributed by atoms with Crippen molar-refractivity contribution in [3.63, 3.8) is 0 Å². The Bertz CT molecular complexity index is 2020. The Morgan fingerprint density at radius 2 is 0.493 bits per heavy atom. The Hall–Kier alpha value is -6.03. The summed E-state index contributed by atoms with van der Waals surface area (Å²) in [6.45, 7) is 8.77. The molecule has 6 nitrogen and oxygen atoms in total. The molecule has 0 atom stereocenters. The lowest BCUT2D eigenvalue weighted by Crippen LogP contribution is -2.24. The van der Waals surface area contributed by atoms with Crippen LogP contribution in [-0.2, 0) is 0 Å². The number of unbranched alkanes of at least 4 members (excludes halogenated alkanes) is 21. The zero-order valence-corrected chi connectivity index (χ0v) is 42.5. The van der Waals surface area contributed by atoms with Gasteiger partial charge in [-0.25, -0.2) is 0 Å². The fourth-order valence-electron chi connectivity index (χ4n) is 8.08. The number of hydrogen-bond acceptors (Lipinski definition) is 3. The maximum Gasteiger partial charge on any atom is 0.251 e. The van der Waals surface area contributed by atoms with Crippen molar-refractivity contribution < 1.29 is 14.4 Å². The first kappa shape index (κ1) is 55.6. The zero-order valence-electron chi connectivity index (χ0n) is 42.5. The maximum atomic E-state index is 12.8. The molecule has 0 saturated carbocycles. The lowest BCUT2D eigenvalue weighted by molar-refractivity contribution is 0.0944. The Labute approximate surface area is 417 Å². The van der Waals surface area contributed by atoms with Crippen LogP contribution in [0.5, 0.6) is 0 Å². The van der Waals surface area contributed by atoms with E-state index in [1.807, 2.05) is 91.0 Å². The van der Waals surface area contributed by atoms with Crippen LogP contribution < -0.4 is 16.0 Å². The normalized spacial score (nSPS) is 10.5. The van der Waals surface area contributed by atoms with E-state index >= 15 is 0 Å². The Morgan fingerprint density at radius 3 is 0.725 bits per heavy atom. The van der Waals surface area contributed by atoms with E-state index in [0.29, 0.717) is 36.3 Å². The quantitative estimate of drug-likeness (QED) is 0.0360. The van der Waals surface area contributed by atoms with Gasteiger partial charge in [-0.15, -0.1) is 0 Å². The summed E-state index contributed by atoms with van der Waals surface area (Å²) in [4.78, 5) is 38.5. The second-order valence-corrected chi connectivity index (χ2v) is 18.5. The Balaban J connectivity index is 1.40. The first-order valence-electron chi connectivity index (χ1n) is 26.7. The zero-order chi connectivity index (χ0) is 49.0. The summed E-state index contributed by atoms with van der Waals surface area (Å²) in [6, 6.07) is 28.1. The number of nitrogens with one attached hydrogen (secondary N) is 3. The molecule has 366 valence electrons. The molecule has 0 radical (unpaired) electrons. The predicted octanol–water partition coefficient (Wildman–Crippen LogP) is 14.5. The predicted molar refractivity (Wildman–Crippen MR) is 289 cm³/mol. The van der Waals surface area contributed by atoms with Gasteiger partial charge in [0.05, 0.1) is 0 Å². The molecular formula is C63H81N3O3. The SMILES string of the molecule is CCCCCCCCCCNC(=O)c1ccc(C#Cc2cc(C#Cc3ccc(C(=O)NCCCCCCCCCC)cc3)cc(C#Cc3ccc(C(=O)NCCCCCCCCCC)cc3)c2)cc1. The van der Waals surface area contributed by atoms with Crippen LogP contribution in [0.1, 0.15) is 239 Å². The van der Waals surface area contributed by atoms with Gasteiger partial charge in [0.1, 0.15) is 0 Å². The summed E-state index contributed by atoms with van der Waals surface area (Å²) in [5, 5.41) is 9.19. The molecular weight excluding hydrogens is 847 g/mol. The molecule has 0 aliphatic heterocycles. The monoisotopic (exact) mass is 928 g/mol. The highest BCUT2D eigenvalue weighted by Gasteiger charge is 2.07. The van der Waals surface area contributed by atoms with Crippen LogP contribution in [0.3, 0.4) is 0 Å². The summed E-state index contributed by atoms with van der Waals surface area (Å²) in [6.07, 6.45) is 29.5. The molecule has 0 heterocycles. The molecule has 0 aliphatic carbocycles. The van der Waals surface area contributed by atoms with Crippen molar-refractivity contribution >= 4 is 17.7 Å². The van der Waals surface area contributed by atoms with Crippen molar-refractivity contribution in [3.8, 4) is 35.5 Å². The number of amides is 3. The van der Waals surface area contributed by atoms with Crippen molar-refractivity contribution in [2.24, 2.45) is 0 Å². The van der Waals surface area contributed by atoms with Gasteiger partial charge in [0.2, 0.25) is 0 Å². The van der Waals surface area contributed by atoms with Gasteiger partial charge in [0.15, 0.2) is 0 Å². The van der Waals surface area contributed by atoms with Gasteiger partial charge in [-0.1, -0.05) is 191 Å². The summed E-state index contributed by atoms with van der Waals surface area (Å²) < 4.78 is 0. The minimum atomic E-state index is -0.0640. The number of benzene rings is 4. The first-order chi connectivity index (χ1) is 33.9. The molecule has 3 amide bonds. The lowest BCUT2D eigenvalue weighted by Gasteiger charge is -2.06. The molecule has 0 aromatic heterocycles. The van der Waals surface area contributed by atoms with E-state index in [1.165, 1.54) is 116 Å². The fraction of sp³-hybridized carbons (Fsp3) is 0.476. The highest BCUT2D eigenvalue weighted by Crippen LogP contribution is 2.14.